The van der Waals surface area contributed by atoms with Crippen LogP contribution in [-0.2, 0) is 36.7 Å². The largest absolute Gasteiger partial charge is 0.386 e. The van der Waals surface area contributed by atoms with Crippen LogP contribution in [0.1, 0.15) is 12.5 Å². The van der Waals surface area contributed by atoms with Crippen molar-refractivity contribution >= 4 is 72.3 Å². The SMILES string of the molecule is Nc1nc2c(nnn2[C@@H]2O[C@@H]3COP(=O)(S)O[C@@H]4[C@H](F)[C@@H](COP(=O)(S)O[C@@H]2[C@@H]3F)O[C@H]4n2nnc3c(=O)[nH]c(N)nc32)c(=O)[nH]1. The minimum absolute atomic E-state index is 0.249. The summed E-state index contributed by atoms with van der Waals surface area (Å²) in [6.45, 7) is -10.9. The maximum absolute atomic E-state index is 15.9. The van der Waals surface area contributed by atoms with Crippen molar-refractivity contribution in [3.63, 3.8) is 0 Å². The predicted octanol–water partition coefficient (Wildman–Crippen LogP) is -0.429. The lowest BCUT2D eigenvalue weighted by Crippen LogP contribution is -2.34. The lowest BCUT2D eigenvalue weighted by atomic mass is 10.1. The number of nitrogens with one attached hydrogen (secondary N) is 2. The summed E-state index contributed by atoms with van der Waals surface area (Å²) in [6, 6.07) is 0. The molecule has 7 heterocycles. The van der Waals surface area contributed by atoms with Gasteiger partial charge in [-0.3, -0.25) is 37.7 Å². The number of anilines is 2. The van der Waals surface area contributed by atoms with Crippen molar-refractivity contribution < 1.29 is 45.5 Å². The van der Waals surface area contributed by atoms with E-state index in [9.17, 15) is 18.7 Å². The molecule has 3 fully saturated rings. The molecule has 0 saturated carbocycles. The number of hydrogen-bond donors (Lipinski definition) is 6. The van der Waals surface area contributed by atoms with Gasteiger partial charge in [0.1, 0.15) is 24.4 Å². The number of hydrogen-bond acceptors (Lipinski definition) is 18. The van der Waals surface area contributed by atoms with E-state index in [0.717, 1.165) is 9.36 Å². The Labute approximate surface area is 262 Å². The summed E-state index contributed by atoms with van der Waals surface area (Å²) in [5, 5.41) is 15.0. The predicted molar refractivity (Wildman–Crippen MR) is 153 cm³/mol. The van der Waals surface area contributed by atoms with Gasteiger partial charge in [0.05, 0.1) is 13.2 Å². The van der Waals surface area contributed by atoms with Gasteiger partial charge in [0.25, 0.3) is 11.1 Å². The van der Waals surface area contributed by atoms with E-state index in [-0.39, 0.29) is 34.2 Å². The topological polar surface area (TPSA) is 294 Å². The van der Waals surface area contributed by atoms with Crippen molar-refractivity contribution in [1.82, 2.24) is 49.9 Å². The lowest BCUT2D eigenvalue weighted by Gasteiger charge is -2.25. The molecule has 6 N–H and O–H groups in total. The van der Waals surface area contributed by atoms with Crippen LogP contribution < -0.4 is 22.6 Å². The fourth-order valence-electron chi connectivity index (χ4n) is 5.04. The zero-order chi connectivity index (χ0) is 32.7. The highest BCUT2D eigenvalue weighted by molar-refractivity contribution is 8.44. The van der Waals surface area contributed by atoms with Gasteiger partial charge in [-0.1, -0.05) is 34.9 Å². The van der Waals surface area contributed by atoms with Crippen LogP contribution >= 0.6 is 38.1 Å². The van der Waals surface area contributed by atoms with Gasteiger partial charge in [0.2, 0.25) is 11.9 Å². The Morgan fingerprint density at radius 3 is 1.54 bits per heavy atom. The number of nitrogen functional groups attached to an aromatic ring is 2. The van der Waals surface area contributed by atoms with Crippen molar-refractivity contribution in [2.24, 2.45) is 0 Å². The number of nitrogens with zero attached hydrogens (tertiary/aromatic N) is 8. The number of alkyl halides is 2. The fraction of sp³-hybridized carbons (Fsp3) is 0.556. The molecule has 248 valence electrons. The average molecular weight is 729 g/mol. The van der Waals surface area contributed by atoms with Crippen LogP contribution in [0, 0.1) is 0 Å². The van der Waals surface area contributed by atoms with E-state index in [0.29, 0.717) is 0 Å². The van der Waals surface area contributed by atoms with Crippen molar-refractivity contribution in [1.29, 1.82) is 0 Å². The zero-order valence-electron chi connectivity index (χ0n) is 22.4. The van der Waals surface area contributed by atoms with Crippen LogP contribution in [0.25, 0.3) is 22.3 Å². The highest BCUT2D eigenvalue weighted by atomic mass is 32.7. The maximum atomic E-state index is 15.9. The molecule has 22 nitrogen and oxygen atoms in total. The molecule has 2 unspecified atom stereocenters. The molecule has 4 aromatic heterocycles. The number of aromatic amines is 2. The van der Waals surface area contributed by atoms with Gasteiger partial charge in [-0.2, -0.15) is 19.3 Å². The van der Waals surface area contributed by atoms with E-state index in [4.69, 9.17) is 39.0 Å². The van der Waals surface area contributed by atoms with E-state index in [1.807, 2.05) is 0 Å². The summed E-state index contributed by atoms with van der Waals surface area (Å²) in [5.41, 5.74) is 8.63. The van der Waals surface area contributed by atoms with Gasteiger partial charge in [-0.15, -0.1) is 10.2 Å². The first kappa shape index (κ1) is 31.5. The normalized spacial score (nSPS) is 37.1. The molecule has 0 spiro atoms. The number of halogens is 2. The molecule has 0 radical (unpaired) electrons. The van der Waals surface area contributed by atoms with Crippen molar-refractivity contribution in [3.8, 4) is 0 Å². The summed E-state index contributed by atoms with van der Waals surface area (Å²) in [7, 11) is 0. The molecule has 3 aliphatic rings. The van der Waals surface area contributed by atoms with Crippen molar-refractivity contribution in [3.05, 3.63) is 20.7 Å². The Kier molecular flexibility index (Phi) is 7.73. The van der Waals surface area contributed by atoms with E-state index in [1.165, 1.54) is 0 Å². The molecule has 3 aliphatic heterocycles. The van der Waals surface area contributed by atoms with Crippen LogP contribution in [-0.4, -0.2) is 99.9 Å². The fourth-order valence-corrected chi connectivity index (χ4v) is 7.94. The first-order valence-corrected chi connectivity index (χ1v) is 18.2. The van der Waals surface area contributed by atoms with Crippen LogP contribution in [0.15, 0.2) is 9.59 Å². The van der Waals surface area contributed by atoms with Crippen LogP contribution in [0.4, 0.5) is 20.7 Å². The third kappa shape index (κ3) is 5.50. The van der Waals surface area contributed by atoms with Crippen molar-refractivity contribution in [2.75, 3.05) is 24.7 Å². The number of fused-ring (bicyclic) bond motifs is 6. The monoisotopic (exact) mass is 728 g/mol. The van der Waals surface area contributed by atoms with E-state index >= 15 is 8.78 Å². The third-order valence-electron chi connectivity index (χ3n) is 7.03. The first-order valence-electron chi connectivity index (χ1n) is 12.8. The second-order valence-electron chi connectivity index (χ2n) is 10.0. The molecular formula is C18H20F2N12O10P2S2. The van der Waals surface area contributed by atoms with Crippen LogP contribution in [0.2, 0.25) is 0 Å². The second kappa shape index (κ2) is 11.3. The standard InChI is InChI=1S/C18H20F2N12O10P2S2/c19-5-3-1-37-43(35,45)41-10-6(20)4(40-16(10)32-12-8(28-30-32)14(34)26-18(22)24-12)2-38-44(36,46)42-9(5)15(39-3)31-11-7(27-29-31)13(33)25-17(21)23-11/h3-6,9-10,15-16H,1-2H2,(H,35,45)(H,36,46)(H3,21,23,25,33)(H3,22,24,26,34)/t3-,4-,5-,6-,9-,10-,15-,16-,43?,44?/m1/s1. The molecule has 0 aromatic carbocycles. The molecule has 4 bridgehead atoms. The van der Waals surface area contributed by atoms with Gasteiger partial charge in [-0.25, -0.2) is 17.9 Å². The molecule has 0 aliphatic carbocycles. The smallest absolute Gasteiger partial charge is 0.369 e. The average Bonchev–Trinajstić information content (AvgIpc) is 3.72. The van der Waals surface area contributed by atoms with Crippen LogP contribution in [0.5, 0.6) is 0 Å². The van der Waals surface area contributed by atoms with E-state index in [2.05, 4.69) is 65.1 Å². The number of aromatic nitrogens is 10. The van der Waals surface area contributed by atoms with E-state index in [1.54, 1.807) is 0 Å². The van der Waals surface area contributed by atoms with Crippen molar-refractivity contribution in [2.45, 2.75) is 49.2 Å². The van der Waals surface area contributed by atoms with E-state index < -0.39 is 87.1 Å². The zero-order valence-corrected chi connectivity index (χ0v) is 26.0. The summed E-state index contributed by atoms with van der Waals surface area (Å²) < 4.78 is 93.0. The Bertz CT molecular complexity index is 1920. The third-order valence-corrected chi connectivity index (χ3v) is 10.3. The van der Waals surface area contributed by atoms with Gasteiger partial charge >= 0.3 is 13.6 Å². The van der Waals surface area contributed by atoms with Gasteiger partial charge in [-0.05, 0) is 0 Å². The molecule has 46 heavy (non-hydrogen) atoms. The maximum Gasteiger partial charge on any atom is 0.386 e. The molecule has 4 aromatic rings. The minimum Gasteiger partial charge on any atom is -0.369 e. The Morgan fingerprint density at radius 2 is 1.15 bits per heavy atom. The number of thiol groups is 2. The Morgan fingerprint density at radius 1 is 0.761 bits per heavy atom. The number of nitrogens with two attached hydrogens (primary N) is 2. The quantitative estimate of drug-likeness (QED) is 0.113. The van der Waals surface area contributed by atoms with Gasteiger partial charge < -0.3 is 20.9 Å². The molecule has 7 rings (SSSR count). The van der Waals surface area contributed by atoms with Gasteiger partial charge in [0, 0.05) is 0 Å². The number of rotatable bonds is 2. The molecule has 28 heteroatoms. The van der Waals surface area contributed by atoms with Gasteiger partial charge in [0.15, 0.2) is 47.1 Å². The highest BCUT2D eigenvalue weighted by Gasteiger charge is 2.55. The molecule has 0 amide bonds. The second-order valence-corrected chi connectivity index (χ2v) is 15.8. The van der Waals surface area contributed by atoms with Crippen LogP contribution in [0.3, 0.4) is 0 Å². The highest BCUT2D eigenvalue weighted by Crippen LogP contribution is 2.60. The molecular weight excluding hydrogens is 708 g/mol. The minimum atomic E-state index is -4.59. The summed E-state index contributed by atoms with van der Waals surface area (Å²) in [4.78, 5) is 36.8. The summed E-state index contributed by atoms with van der Waals surface area (Å²) in [6.07, 6.45) is -14.7. The number of H-pyrrole nitrogens is 2. The summed E-state index contributed by atoms with van der Waals surface area (Å²) in [5.74, 6) is -0.663. The summed E-state index contributed by atoms with van der Waals surface area (Å²) >= 11 is 7.83. The first-order chi connectivity index (χ1) is 21.7. The Hall–Kier alpha value is -3.06. The Balaban J connectivity index is 1.23. The number of ether oxygens (including phenoxy) is 2. The lowest BCUT2D eigenvalue weighted by molar-refractivity contribution is -0.0640. The molecule has 10 atom stereocenters. The molecule has 3 saturated heterocycles.